The van der Waals surface area contributed by atoms with Crippen molar-refractivity contribution in [1.29, 1.82) is 0 Å². The van der Waals surface area contributed by atoms with Crippen LogP contribution in [0.1, 0.15) is 0 Å². The molecule has 0 atom stereocenters. The third-order valence-corrected chi connectivity index (χ3v) is 36.6. The monoisotopic (exact) mass is 1740 g/mol. The van der Waals surface area contributed by atoms with Crippen molar-refractivity contribution in [1.82, 2.24) is 9.13 Å². The van der Waals surface area contributed by atoms with Crippen LogP contribution in [0, 0.1) is 0 Å². The summed E-state index contributed by atoms with van der Waals surface area (Å²) >= 11 is 0. The van der Waals surface area contributed by atoms with Gasteiger partial charge >= 0.3 is 0 Å². The number of rotatable bonds is 20. The second-order valence-corrected chi connectivity index (χ2v) is 42.1. The third-order valence-electron chi connectivity index (χ3n) is 27.0. The molecule has 0 fully saturated rings. The summed E-state index contributed by atoms with van der Waals surface area (Å²) in [5, 5.41) is 20.8. The molecule has 4 nitrogen and oxygen atoms in total. The fourth-order valence-corrected chi connectivity index (χ4v) is 30.5. The topological polar surface area (TPSA) is 16.3 Å². The summed E-state index contributed by atoms with van der Waals surface area (Å²) in [6, 6.07) is 205. The van der Waals surface area contributed by atoms with Crippen molar-refractivity contribution >= 4 is 157 Å². The van der Waals surface area contributed by atoms with Crippen molar-refractivity contribution in [2.24, 2.45) is 0 Å². The Hall–Kier alpha value is -17.0. The molecule has 0 aliphatic heterocycles. The van der Waals surface area contributed by atoms with Crippen LogP contribution in [0.15, 0.2) is 558 Å². The molecule has 0 bridgehead atoms. The van der Waals surface area contributed by atoms with E-state index in [4.69, 9.17) is 0 Å². The molecule has 22 aromatic carbocycles. The van der Waals surface area contributed by atoms with Gasteiger partial charge < -0.3 is 18.9 Å². The fourth-order valence-electron chi connectivity index (χ4n) is 21.0. The minimum Gasteiger partial charge on any atom is -0.310 e. The maximum Gasteiger partial charge on any atom is 0.179 e. The van der Waals surface area contributed by atoms with E-state index < -0.39 is 16.1 Å². The first-order chi connectivity index (χ1) is 66.5. The van der Waals surface area contributed by atoms with Crippen LogP contribution in [0.2, 0.25) is 0 Å². The minimum atomic E-state index is -2.72. The molecule has 0 N–H and O–H groups in total. The maximum atomic E-state index is 2.42. The van der Waals surface area contributed by atoms with Crippen LogP contribution in [-0.4, -0.2) is 25.3 Å². The zero-order valence-corrected chi connectivity index (χ0v) is 75.9. The van der Waals surface area contributed by atoms with Crippen LogP contribution < -0.4 is 51.3 Å². The molecule has 2 aromatic heterocycles. The van der Waals surface area contributed by atoms with E-state index in [1.807, 2.05) is 0 Å². The summed E-state index contributed by atoms with van der Waals surface area (Å²) in [6.45, 7) is 0. The van der Waals surface area contributed by atoms with Gasteiger partial charge in [-0.1, -0.05) is 431 Å². The number of anilines is 6. The van der Waals surface area contributed by atoms with Crippen molar-refractivity contribution < 1.29 is 0 Å². The number of nitrogens with zero attached hydrogens (tertiary/aromatic N) is 4. The van der Waals surface area contributed by atoms with Crippen molar-refractivity contribution in [3.05, 3.63) is 558 Å². The SMILES string of the molecule is c1ccc(-n2c3ccccc3c3c(-c4ccc(N(c5ccc([Si](c6ccccc6)(c6ccccc6)c6ccccc6)cc5)c5cccc(-c6ccc7ccccc7c6)c5)cc4)cccc32)cc1.c1ccc(-n2c3ccccc3c3c(-c4ccc(N(c5ccc([Si](c6ccccc6)(c6ccccc6)c6ccccc6)cc5)c5cccc(-c6cccc7ccccc67)c5)cc4)cccc32)cc1. The van der Waals surface area contributed by atoms with Crippen molar-refractivity contribution in [3.63, 3.8) is 0 Å². The summed E-state index contributed by atoms with van der Waals surface area (Å²) in [5.41, 5.74) is 23.2. The number of hydrogen-bond acceptors (Lipinski definition) is 2. The van der Waals surface area contributed by atoms with Gasteiger partial charge in [-0.05, 0) is 235 Å². The molecular weight excluding hydrogens is 1650 g/mol. The fraction of sp³-hybridized carbons (Fsp3) is 0. The zero-order chi connectivity index (χ0) is 89.1. The number of para-hydroxylation sites is 4. The first-order valence-electron chi connectivity index (χ1n) is 46.2. The van der Waals surface area contributed by atoms with Crippen molar-refractivity contribution in [2.45, 2.75) is 0 Å². The summed E-state index contributed by atoms with van der Waals surface area (Å²) < 4.78 is 4.78. The highest BCUT2D eigenvalue weighted by Gasteiger charge is 2.43. The van der Waals surface area contributed by atoms with Gasteiger partial charge in [-0.15, -0.1) is 0 Å². The molecule has 0 spiro atoms. The molecule has 632 valence electrons. The standard InChI is InChI=1S/2C64H46N2Si/c1-5-23-50(24-6-1)66-62-36-16-15-33-61(62)64-60(35-19-37-63(64)66)48-38-40-51(41-39-48)65(53-25-17-22-49(46-53)59-34-18-21-47-20-13-14-32-58(47)59)52-42-44-57(45-43-52)67(54-26-7-2-8-27-54,55-28-9-3-10-29-55)56-30-11-4-12-31-56;1-5-22-52(23-6-1)66-62-33-16-15-31-61(62)64-60(32-18-34-63(64)66)48-37-39-53(40-38-48)65(55-24-17-21-50(46-55)51-36-35-47-19-13-14-20-49(47)45-51)54-41-43-59(44-42-54)67(56-25-7-2-8-26-56,57-27-9-3-10-28-57)58-29-11-4-12-30-58/h2*1-46H. The molecule has 6 heteroatoms. The average Bonchev–Trinajstić information content (AvgIpc) is 0.900. The average molecular weight is 1740 g/mol. The zero-order valence-electron chi connectivity index (χ0n) is 73.9. The molecule has 2 heterocycles. The first kappa shape index (κ1) is 81.5. The normalized spacial score (nSPS) is 11.6. The van der Waals surface area contributed by atoms with Gasteiger partial charge in [0.1, 0.15) is 0 Å². The maximum absolute atomic E-state index is 2.72. The number of hydrogen-bond donors (Lipinski definition) is 0. The first-order valence-corrected chi connectivity index (χ1v) is 50.2. The van der Waals surface area contributed by atoms with Gasteiger partial charge in [0.15, 0.2) is 16.1 Å². The van der Waals surface area contributed by atoms with Gasteiger partial charge in [0.2, 0.25) is 0 Å². The molecule has 0 radical (unpaired) electrons. The Morgan fingerprint density at radius 1 is 0.149 bits per heavy atom. The Balaban J connectivity index is 0.000000151. The molecule has 0 unspecified atom stereocenters. The Morgan fingerprint density at radius 3 is 0.836 bits per heavy atom. The highest BCUT2D eigenvalue weighted by atomic mass is 28.3. The smallest absolute Gasteiger partial charge is 0.179 e. The van der Waals surface area contributed by atoms with E-state index in [1.165, 1.54) is 151 Å². The summed E-state index contributed by atoms with van der Waals surface area (Å²) in [5.74, 6) is 0. The van der Waals surface area contributed by atoms with E-state index in [9.17, 15) is 0 Å². The van der Waals surface area contributed by atoms with Gasteiger partial charge in [-0.25, -0.2) is 0 Å². The summed E-state index contributed by atoms with van der Waals surface area (Å²) in [6.07, 6.45) is 0. The molecular formula is C128H92N4Si2. The van der Waals surface area contributed by atoms with Crippen LogP contribution in [0.4, 0.5) is 34.1 Å². The molecule has 0 aliphatic rings. The molecule has 24 rings (SSSR count). The Kier molecular flexibility index (Phi) is 21.8. The molecule has 134 heavy (non-hydrogen) atoms. The van der Waals surface area contributed by atoms with E-state index in [2.05, 4.69) is 577 Å². The molecule has 0 saturated heterocycles. The predicted molar refractivity (Wildman–Crippen MR) is 575 cm³/mol. The summed E-state index contributed by atoms with van der Waals surface area (Å²) in [7, 11) is -5.44. The number of fused-ring (bicyclic) bond motifs is 8. The Morgan fingerprint density at radius 2 is 0.425 bits per heavy atom. The van der Waals surface area contributed by atoms with Gasteiger partial charge in [0, 0.05) is 67.0 Å². The van der Waals surface area contributed by atoms with Crippen molar-refractivity contribution in [3.8, 4) is 55.9 Å². The van der Waals surface area contributed by atoms with E-state index in [0.717, 1.165) is 45.5 Å². The van der Waals surface area contributed by atoms with Gasteiger partial charge in [0.05, 0.1) is 22.1 Å². The lowest BCUT2D eigenvalue weighted by atomic mass is 9.97. The highest BCUT2D eigenvalue weighted by molar-refractivity contribution is 7.20. The van der Waals surface area contributed by atoms with Crippen LogP contribution in [-0.2, 0) is 0 Å². The second kappa shape index (κ2) is 35.8. The van der Waals surface area contributed by atoms with Crippen LogP contribution >= 0.6 is 0 Å². The highest BCUT2D eigenvalue weighted by Crippen LogP contribution is 2.46. The molecule has 24 aromatic rings. The lowest BCUT2D eigenvalue weighted by molar-refractivity contribution is 1.18. The molecule has 0 amide bonds. The van der Waals surface area contributed by atoms with Gasteiger partial charge in [-0.3, -0.25) is 0 Å². The van der Waals surface area contributed by atoms with Crippen LogP contribution in [0.25, 0.3) is 121 Å². The van der Waals surface area contributed by atoms with E-state index in [-0.39, 0.29) is 0 Å². The van der Waals surface area contributed by atoms with E-state index in [0.29, 0.717) is 0 Å². The van der Waals surface area contributed by atoms with E-state index >= 15 is 0 Å². The van der Waals surface area contributed by atoms with Crippen LogP contribution in [0.3, 0.4) is 0 Å². The van der Waals surface area contributed by atoms with Gasteiger partial charge in [0.25, 0.3) is 0 Å². The van der Waals surface area contributed by atoms with Crippen LogP contribution in [0.5, 0.6) is 0 Å². The third kappa shape index (κ3) is 14.8. The van der Waals surface area contributed by atoms with Crippen molar-refractivity contribution in [2.75, 3.05) is 9.80 Å². The summed E-state index contributed by atoms with van der Waals surface area (Å²) in [4.78, 5) is 4.83. The Bertz CT molecular complexity index is 8100. The predicted octanol–water partition coefficient (Wildman–Crippen LogP) is 28.2. The van der Waals surface area contributed by atoms with E-state index in [1.54, 1.807) is 0 Å². The number of aromatic nitrogens is 2. The largest absolute Gasteiger partial charge is 0.310 e. The van der Waals surface area contributed by atoms with Gasteiger partial charge in [-0.2, -0.15) is 0 Å². The molecule has 0 aliphatic carbocycles. The second-order valence-electron chi connectivity index (χ2n) is 34.5. The lowest BCUT2D eigenvalue weighted by Crippen LogP contribution is -2.74. The number of benzene rings is 22. The quantitative estimate of drug-likeness (QED) is 0.0559. The molecule has 0 saturated carbocycles. The Labute approximate surface area is 784 Å². The lowest BCUT2D eigenvalue weighted by Gasteiger charge is -2.35. The minimum absolute atomic E-state index is 1.09.